The van der Waals surface area contributed by atoms with Crippen molar-refractivity contribution in [2.45, 2.75) is 26.2 Å². The van der Waals surface area contributed by atoms with E-state index in [1.807, 2.05) is 29.2 Å². The van der Waals surface area contributed by atoms with E-state index in [4.69, 9.17) is 0 Å². The summed E-state index contributed by atoms with van der Waals surface area (Å²) >= 11 is 0. The van der Waals surface area contributed by atoms with Crippen LogP contribution in [0.1, 0.15) is 26.2 Å². The van der Waals surface area contributed by atoms with Crippen molar-refractivity contribution in [3.05, 3.63) is 36.5 Å². The number of carbonyl (C=O) groups is 1. The topological polar surface area (TPSA) is 70.6 Å². The Bertz CT molecular complexity index is 885. The highest BCUT2D eigenvalue weighted by Gasteiger charge is 2.24. The van der Waals surface area contributed by atoms with E-state index in [1.165, 1.54) is 10.6 Å². The van der Waals surface area contributed by atoms with Gasteiger partial charge < -0.3 is 4.90 Å². The molecule has 6 nitrogen and oxygen atoms in total. The normalized spacial score (nSPS) is 16.0. The number of pyridine rings is 1. The summed E-state index contributed by atoms with van der Waals surface area (Å²) in [5.41, 5.74) is 1.14. The molecule has 0 atom stereocenters. The summed E-state index contributed by atoms with van der Waals surface area (Å²) in [7, 11) is -3.52. The van der Waals surface area contributed by atoms with Crippen LogP contribution in [0.15, 0.2) is 36.5 Å². The van der Waals surface area contributed by atoms with Gasteiger partial charge >= 0.3 is 0 Å². The Hall–Kier alpha value is -2.15. The molecule has 0 bridgehead atoms. The van der Waals surface area contributed by atoms with Gasteiger partial charge in [0.1, 0.15) is 0 Å². The number of sulfonamides is 1. The molecule has 1 aliphatic heterocycles. The van der Waals surface area contributed by atoms with Gasteiger partial charge in [0.2, 0.25) is 15.9 Å². The smallest absolute Gasteiger partial charge is 0.232 e. The van der Waals surface area contributed by atoms with Crippen molar-refractivity contribution < 1.29 is 13.2 Å². The molecule has 3 rings (SSSR count). The van der Waals surface area contributed by atoms with Gasteiger partial charge in [-0.05, 0) is 30.9 Å². The van der Waals surface area contributed by atoms with E-state index in [9.17, 15) is 13.2 Å². The van der Waals surface area contributed by atoms with Crippen molar-refractivity contribution in [3.8, 4) is 0 Å². The molecule has 0 N–H and O–H groups in total. The Labute approximate surface area is 154 Å². The van der Waals surface area contributed by atoms with E-state index in [0.717, 1.165) is 31.3 Å². The van der Waals surface area contributed by atoms with Crippen LogP contribution >= 0.6 is 0 Å². The fourth-order valence-corrected chi connectivity index (χ4v) is 4.30. The van der Waals surface area contributed by atoms with Crippen LogP contribution in [0.3, 0.4) is 0 Å². The van der Waals surface area contributed by atoms with E-state index >= 15 is 0 Å². The van der Waals surface area contributed by atoms with Crippen LogP contribution < -0.4 is 4.31 Å². The molecule has 1 amide bonds. The Morgan fingerprint density at radius 2 is 1.92 bits per heavy atom. The molecular weight excluding hydrogens is 350 g/mol. The van der Waals surface area contributed by atoms with Crippen molar-refractivity contribution in [2.75, 3.05) is 30.2 Å². The molecule has 0 aliphatic carbocycles. The third kappa shape index (κ3) is 4.15. The van der Waals surface area contributed by atoms with Gasteiger partial charge in [0.05, 0.1) is 17.5 Å². The standard InChI is InChI=1S/C19H25N3O3S/c1-15-8-12-21(13-9-15)18(23)10-14-22(26(2,24)25)17-7-3-5-16-6-4-11-20-19(16)17/h3-7,11,15H,8-10,12-14H2,1-2H3. The first-order valence-corrected chi connectivity index (χ1v) is 10.8. The zero-order chi connectivity index (χ0) is 18.7. The van der Waals surface area contributed by atoms with E-state index in [2.05, 4.69) is 11.9 Å². The minimum absolute atomic E-state index is 0.0127. The number of para-hydroxylation sites is 1. The van der Waals surface area contributed by atoms with Crippen molar-refractivity contribution >= 4 is 32.5 Å². The second-order valence-electron chi connectivity index (χ2n) is 7.00. The van der Waals surface area contributed by atoms with E-state index < -0.39 is 10.0 Å². The summed E-state index contributed by atoms with van der Waals surface area (Å²) in [4.78, 5) is 18.7. The molecule has 26 heavy (non-hydrogen) atoms. The van der Waals surface area contributed by atoms with Crippen molar-refractivity contribution in [2.24, 2.45) is 5.92 Å². The Balaban J connectivity index is 1.80. The van der Waals surface area contributed by atoms with E-state index in [0.29, 0.717) is 17.1 Å². The zero-order valence-electron chi connectivity index (χ0n) is 15.3. The molecule has 1 saturated heterocycles. The fourth-order valence-electron chi connectivity index (χ4n) is 3.37. The Kier molecular flexibility index (Phi) is 5.46. The molecule has 0 spiro atoms. The predicted octanol–water partition coefficient (Wildman–Crippen LogP) is 2.65. The van der Waals surface area contributed by atoms with Gasteiger partial charge in [-0.3, -0.25) is 14.1 Å². The summed E-state index contributed by atoms with van der Waals surface area (Å²) in [6, 6.07) is 9.16. The largest absolute Gasteiger partial charge is 0.343 e. The van der Waals surface area contributed by atoms with Crippen molar-refractivity contribution in [3.63, 3.8) is 0 Å². The maximum atomic E-state index is 12.5. The number of rotatable bonds is 5. The zero-order valence-corrected chi connectivity index (χ0v) is 16.1. The molecule has 0 saturated carbocycles. The van der Waals surface area contributed by atoms with Crippen LogP contribution in [-0.2, 0) is 14.8 Å². The molecular formula is C19H25N3O3S. The number of aromatic nitrogens is 1. The monoisotopic (exact) mass is 375 g/mol. The molecule has 1 aromatic heterocycles. The second-order valence-corrected chi connectivity index (χ2v) is 8.91. The highest BCUT2D eigenvalue weighted by molar-refractivity contribution is 7.92. The van der Waals surface area contributed by atoms with Crippen LogP contribution in [0.2, 0.25) is 0 Å². The van der Waals surface area contributed by atoms with Crippen LogP contribution in [0, 0.1) is 5.92 Å². The number of fused-ring (bicyclic) bond motifs is 1. The number of anilines is 1. The lowest BCUT2D eigenvalue weighted by Crippen LogP contribution is -2.40. The van der Waals surface area contributed by atoms with Crippen LogP contribution in [0.5, 0.6) is 0 Å². The molecule has 0 radical (unpaired) electrons. The first-order chi connectivity index (χ1) is 12.4. The predicted molar refractivity (Wildman–Crippen MR) is 104 cm³/mol. The summed E-state index contributed by atoms with van der Waals surface area (Å²) in [6.07, 6.45) is 5.00. The average Bonchev–Trinajstić information content (AvgIpc) is 2.61. The van der Waals surface area contributed by atoms with Gasteiger partial charge in [0, 0.05) is 37.6 Å². The van der Waals surface area contributed by atoms with Gasteiger partial charge in [0.15, 0.2) is 0 Å². The lowest BCUT2D eigenvalue weighted by Gasteiger charge is -2.31. The first-order valence-electron chi connectivity index (χ1n) is 8.95. The average molecular weight is 375 g/mol. The fraction of sp³-hybridized carbons (Fsp3) is 0.474. The molecule has 140 valence electrons. The molecule has 1 aromatic carbocycles. The van der Waals surface area contributed by atoms with Crippen LogP contribution in [0.25, 0.3) is 10.9 Å². The third-order valence-corrected chi connectivity index (χ3v) is 6.13. The molecule has 0 unspecified atom stereocenters. The lowest BCUT2D eigenvalue weighted by atomic mass is 9.99. The third-order valence-electron chi connectivity index (χ3n) is 4.95. The SMILES string of the molecule is CC1CCN(C(=O)CCN(c2cccc3cccnc23)S(C)(=O)=O)CC1. The lowest BCUT2D eigenvalue weighted by molar-refractivity contribution is -0.132. The maximum absolute atomic E-state index is 12.5. The number of hydrogen-bond donors (Lipinski definition) is 0. The Morgan fingerprint density at radius 1 is 1.23 bits per heavy atom. The number of hydrogen-bond acceptors (Lipinski definition) is 4. The number of piperidine rings is 1. The summed E-state index contributed by atoms with van der Waals surface area (Å²) in [6.45, 7) is 3.84. The molecule has 1 aliphatic rings. The first kappa shape index (κ1) is 18.6. The number of amides is 1. The number of benzene rings is 1. The quantitative estimate of drug-likeness (QED) is 0.805. The molecule has 2 aromatic rings. The van der Waals surface area contributed by atoms with Gasteiger partial charge in [-0.2, -0.15) is 0 Å². The Morgan fingerprint density at radius 3 is 2.62 bits per heavy atom. The molecule has 7 heteroatoms. The summed E-state index contributed by atoms with van der Waals surface area (Å²) < 4.78 is 26.1. The number of likely N-dealkylation sites (tertiary alicyclic amines) is 1. The van der Waals surface area contributed by atoms with Crippen molar-refractivity contribution in [1.82, 2.24) is 9.88 Å². The summed E-state index contributed by atoms with van der Waals surface area (Å²) in [5.74, 6) is 0.659. The van der Waals surface area contributed by atoms with Gasteiger partial charge in [-0.1, -0.05) is 25.1 Å². The molecule has 2 heterocycles. The molecule has 1 fully saturated rings. The highest BCUT2D eigenvalue weighted by Crippen LogP contribution is 2.27. The van der Waals surface area contributed by atoms with Gasteiger partial charge in [0.25, 0.3) is 0 Å². The second kappa shape index (κ2) is 7.61. The van der Waals surface area contributed by atoms with Gasteiger partial charge in [-0.25, -0.2) is 8.42 Å². The highest BCUT2D eigenvalue weighted by atomic mass is 32.2. The van der Waals surface area contributed by atoms with Crippen LogP contribution in [0.4, 0.5) is 5.69 Å². The van der Waals surface area contributed by atoms with Crippen LogP contribution in [-0.4, -0.2) is 50.1 Å². The van der Waals surface area contributed by atoms with E-state index in [-0.39, 0.29) is 18.9 Å². The van der Waals surface area contributed by atoms with E-state index in [1.54, 1.807) is 12.3 Å². The maximum Gasteiger partial charge on any atom is 0.232 e. The number of nitrogens with zero attached hydrogens (tertiary/aromatic N) is 3. The van der Waals surface area contributed by atoms with Crippen molar-refractivity contribution in [1.29, 1.82) is 0 Å². The van der Waals surface area contributed by atoms with Gasteiger partial charge in [-0.15, -0.1) is 0 Å². The summed E-state index contributed by atoms with van der Waals surface area (Å²) in [5, 5.41) is 0.870. The minimum Gasteiger partial charge on any atom is -0.343 e. The minimum atomic E-state index is -3.52. The number of carbonyl (C=O) groups excluding carboxylic acids is 1.